The third-order valence-corrected chi connectivity index (χ3v) is 9.78. The molecule has 0 unspecified atom stereocenters. The second-order valence-electron chi connectivity index (χ2n) is 9.51. The Morgan fingerprint density at radius 1 is 1.11 bits per heavy atom. The number of hydrogen-bond donors (Lipinski definition) is 2. The highest BCUT2D eigenvalue weighted by atomic mass is 35.5. The van der Waals surface area contributed by atoms with Crippen LogP contribution in [0.2, 0.25) is 5.02 Å². The molecular formula is C22H29ClF3N3O5S. The Labute approximate surface area is 207 Å². The number of carbonyl (C=O) groups excluding carboxylic acids is 1. The van der Waals surface area contributed by atoms with Gasteiger partial charge in [-0.05, 0) is 68.3 Å². The number of piperidine rings is 1. The number of rotatable bonds is 3. The number of sulfonamides is 1. The fraction of sp³-hybridized carbons (Fsp3) is 0.636. The van der Waals surface area contributed by atoms with Gasteiger partial charge in [0.15, 0.2) is 0 Å². The van der Waals surface area contributed by atoms with E-state index in [1.54, 1.807) is 35.6 Å². The van der Waals surface area contributed by atoms with Crippen LogP contribution in [0.3, 0.4) is 0 Å². The Morgan fingerprint density at radius 2 is 1.66 bits per heavy atom. The van der Waals surface area contributed by atoms with Crippen molar-refractivity contribution in [3.8, 4) is 0 Å². The summed E-state index contributed by atoms with van der Waals surface area (Å²) in [6.07, 6.45) is -1.55. The maximum Gasteiger partial charge on any atom is 0.490 e. The topological polar surface area (TPSA) is 107 Å². The second kappa shape index (κ2) is 9.87. The molecule has 4 rings (SSSR count). The minimum atomic E-state index is -5.08. The third-order valence-electron chi connectivity index (χ3n) is 7.61. The van der Waals surface area contributed by atoms with E-state index in [0.717, 1.165) is 38.8 Å². The molecule has 3 fully saturated rings. The van der Waals surface area contributed by atoms with Crippen molar-refractivity contribution >= 4 is 33.5 Å². The summed E-state index contributed by atoms with van der Waals surface area (Å²) in [5.74, 6) is -2.31. The summed E-state index contributed by atoms with van der Waals surface area (Å²) in [6, 6.07) is 6.37. The van der Waals surface area contributed by atoms with E-state index < -0.39 is 22.2 Å². The SMILES string of the molecule is CNC(=O)[C@@]12CCC3(CCN(S(=O)(=O)c4ccc(Cl)cc4)CC3)[C@@H]1CN(C)C2.O=C(O)C(F)(F)F. The molecule has 1 aliphatic carbocycles. The van der Waals surface area contributed by atoms with E-state index in [1.807, 2.05) is 0 Å². The Morgan fingerprint density at radius 3 is 2.14 bits per heavy atom. The van der Waals surface area contributed by atoms with E-state index in [2.05, 4.69) is 17.3 Å². The first kappa shape index (κ1) is 27.7. The molecule has 0 bridgehead atoms. The second-order valence-corrected chi connectivity index (χ2v) is 11.9. The molecule has 1 saturated carbocycles. The number of carboxylic acids is 1. The van der Waals surface area contributed by atoms with Gasteiger partial charge >= 0.3 is 12.1 Å². The normalized spacial score (nSPS) is 26.6. The zero-order chi connectivity index (χ0) is 26.2. The number of carboxylic acid groups (broad SMARTS) is 1. The summed E-state index contributed by atoms with van der Waals surface area (Å²) in [5.41, 5.74) is -0.260. The Kier molecular flexibility index (Phi) is 7.81. The fourth-order valence-electron chi connectivity index (χ4n) is 5.94. The van der Waals surface area contributed by atoms with E-state index in [-0.39, 0.29) is 16.7 Å². The molecule has 0 radical (unpaired) electrons. The van der Waals surface area contributed by atoms with Crippen LogP contribution in [0.1, 0.15) is 25.7 Å². The molecule has 1 aromatic carbocycles. The molecule has 2 aliphatic heterocycles. The number of likely N-dealkylation sites (tertiary alicyclic amines) is 1. The van der Waals surface area contributed by atoms with Gasteiger partial charge in [-0.3, -0.25) is 4.79 Å². The van der Waals surface area contributed by atoms with Crippen LogP contribution in [-0.4, -0.2) is 81.1 Å². The first-order chi connectivity index (χ1) is 16.2. The van der Waals surface area contributed by atoms with Crippen molar-refractivity contribution in [2.75, 3.05) is 40.3 Å². The van der Waals surface area contributed by atoms with Gasteiger partial charge in [-0.1, -0.05) is 11.6 Å². The molecule has 8 nitrogen and oxygen atoms in total. The first-order valence-corrected chi connectivity index (χ1v) is 13.0. The fourth-order valence-corrected chi connectivity index (χ4v) is 7.51. The molecule has 2 N–H and O–H groups in total. The number of nitrogens with zero attached hydrogens (tertiary/aromatic N) is 2. The maximum absolute atomic E-state index is 13.0. The van der Waals surface area contributed by atoms with Crippen LogP contribution >= 0.6 is 11.6 Å². The number of amides is 1. The van der Waals surface area contributed by atoms with Crippen LogP contribution in [0.25, 0.3) is 0 Å². The molecule has 1 spiro atoms. The van der Waals surface area contributed by atoms with E-state index in [0.29, 0.717) is 28.9 Å². The van der Waals surface area contributed by atoms with Crippen molar-refractivity contribution in [2.45, 2.75) is 36.8 Å². The maximum atomic E-state index is 13.0. The minimum absolute atomic E-state index is 0.0588. The lowest BCUT2D eigenvalue weighted by molar-refractivity contribution is -0.192. The van der Waals surface area contributed by atoms with Gasteiger partial charge in [-0.15, -0.1) is 0 Å². The van der Waals surface area contributed by atoms with E-state index in [1.165, 1.54) is 0 Å². The molecule has 13 heteroatoms. The summed E-state index contributed by atoms with van der Waals surface area (Å²) >= 11 is 5.90. The predicted octanol–water partition coefficient (Wildman–Crippen LogP) is 2.83. The van der Waals surface area contributed by atoms with E-state index >= 15 is 0 Å². The Bertz CT molecular complexity index is 1060. The third kappa shape index (κ3) is 5.30. The standard InChI is InChI=1S/C20H28ClN3O3S.C2HF3O2/c1-22-18(25)20-8-7-19(17(20)13-23(2)14-20)9-11-24(12-10-19)28(26,27)16-5-3-15(21)4-6-16;3-2(4,5)1(6)7/h3-6,17H,7-14H2,1-2H3,(H,22,25);(H,6,7)/t17-,20+;/m0./s1. The molecule has 196 valence electrons. The van der Waals surface area contributed by atoms with Gasteiger partial charge in [0.25, 0.3) is 0 Å². The van der Waals surface area contributed by atoms with Crippen LogP contribution in [-0.2, 0) is 19.6 Å². The van der Waals surface area contributed by atoms with Gasteiger partial charge in [0.1, 0.15) is 0 Å². The summed E-state index contributed by atoms with van der Waals surface area (Å²) in [7, 11) is 0.292. The Balaban J connectivity index is 0.000000429. The van der Waals surface area contributed by atoms with Crippen molar-refractivity contribution in [1.29, 1.82) is 0 Å². The van der Waals surface area contributed by atoms with E-state index in [9.17, 15) is 26.4 Å². The number of aliphatic carboxylic acids is 1. The number of halogens is 4. The average Bonchev–Trinajstić information content (AvgIpc) is 3.28. The molecule has 35 heavy (non-hydrogen) atoms. The van der Waals surface area contributed by atoms with Crippen LogP contribution in [0.15, 0.2) is 29.2 Å². The van der Waals surface area contributed by atoms with Gasteiger partial charge in [-0.2, -0.15) is 17.5 Å². The highest BCUT2D eigenvalue weighted by Crippen LogP contribution is 2.62. The highest BCUT2D eigenvalue weighted by Gasteiger charge is 2.63. The Hall–Kier alpha value is -1.89. The number of carbonyl (C=O) groups is 2. The highest BCUT2D eigenvalue weighted by molar-refractivity contribution is 7.89. The lowest BCUT2D eigenvalue weighted by atomic mass is 9.66. The number of fused-ring (bicyclic) bond motifs is 2. The van der Waals surface area contributed by atoms with Gasteiger partial charge in [0.2, 0.25) is 15.9 Å². The molecule has 2 heterocycles. The average molecular weight is 540 g/mol. The van der Waals surface area contributed by atoms with Crippen molar-refractivity contribution in [1.82, 2.24) is 14.5 Å². The predicted molar refractivity (Wildman–Crippen MR) is 122 cm³/mol. The molecule has 2 atom stereocenters. The number of nitrogens with one attached hydrogen (secondary N) is 1. The smallest absolute Gasteiger partial charge is 0.475 e. The molecule has 3 aliphatic rings. The summed E-state index contributed by atoms with van der Waals surface area (Å²) in [4.78, 5) is 24.2. The van der Waals surface area contributed by atoms with Crippen molar-refractivity contribution in [3.63, 3.8) is 0 Å². The molecule has 1 amide bonds. The summed E-state index contributed by atoms with van der Waals surface area (Å²) < 4.78 is 59.4. The van der Waals surface area contributed by atoms with Crippen LogP contribution in [0.5, 0.6) is 0 Å². The molecule has 1 aromatic rings. The molecular weight excluding hydrogens is 511 g/mol. The van der Waals surface area contributed by atoms with Crippen LogP contribution in [0.4, 0.5) is 13.2 Å². The lowest BCUT2D eigenvalue weighted by Crippen LogP contribution is -2.49. The lowest BCUT2D eigenvalue weighted by Gasteiger charge is -2.44. The van der Waals surface area contributed by atoms with Gasteiger partial charge < -0.3 is 15.3 Å². The number of benzene rings is 1. The number of alkyl halides is 3. The molecule has 0 aromatic heterocycles. The quantitative estimate of drug-likeness (QED) is 0.612. The van der Waals surface area contributed by atoms with Crippen LogP contribution in [0, 0.1) is 16.7 Å². The van der Waals surface area contributed by atoms with Gasteiger partial charge in [0.05, 0.1) is 10.3 Å². The number of hydrogen-bond acceptors (Lipinski definition) is 5. The van der Waals surface area contributed by atoms with Crippen molar-refractivity contribution < 1.29 is 36.3 Å². The summed E-state index contributed by atoms with van der Waals surface area (Å²) in [5, 5.41) is 10.5. The van der Waals surface area contributed by atoms with Crippen molar-refractivity contribution in [3.05, 3.63) is 29.3 Å². The zero-order valence-corrected chi connectivity index (χ0v) is 21.0. The van der Waals surface area contributed by atoms with Crippen LogP contribution < -0.4 is 5.32 Å². The largest absolute Gasteiger partial charge is 0.490 e. The summed E-state index contributed by atoms with van der Waals surface area (Å²) in [6.45, 7) is 2.73. The van der Waals surface area contributed by atoms with Crippen molar-refractivity contribution in [2.24, 2.45) is 16.7 Å². The monoisotopic (exact) mass is 539 g/mol. The van der Waals surface area contributed by atoms with Gasteiger partial charge in [-0.25, -0.2) is 13.2 Å². The van der Waals surface area contributed by atoms with E-state index in [4.69, 9.17) is 21.5 Å². The first-order valence-electron chi connectivity index (χ1n) is 11.1. The van der Waals surface area contributed by atoms with Gasteiger partial charge in [0, 0.05) is 38.2 Å². The molecule has 2 saturated heterocycles. The zero-order valence-electron chi connectivity index (χ0n) is 19.4. The minimum Gasteiger partial charge on any atom is -0.475 e.